The largest absolute Gasteiger partial charge is 1.00 e. The molecule has 16 nitrogen and oxygen atoms in total. The van der Waals surface area contributed by atoms with E-state index in [-0.39, 0.29) is 129 Å². The number of phosphoric acid groups is 3. The van der Waals surface area contributed by atoms with Crippen molar-refractivity contribution in [2.24, 2.45) is 0 Å². The van der Waals surface area contributed by atoms with E-state index in [1.54, 1.807) is 0 Å². The number of aliphatic hydroxyl groups is 1. The minimum atomic E-state index is -6.12. The molecule has 0 bridgehead atoms. The van der Waals surface area contributed by atoms with E-state index in [4.69, 9.17) is 4.74 Å². The van der Waals surface area contributed by atoms with E-state index >= 15 is 0 Å². The van der Waals surface area contributed by atoms with Gasteiger partial charge in [-0.25, -0.2) is 9.11 Å². The molecule has 1 aliphatic heterocycles. The fourth-order valence-electron chi connectivity index (χ4n) is 2.16. The molecule has 0 amide bonds. The molecule has 1 fully saturated rings. The second-order valence-corrected chi connectivity index (χ2v) is 10.5. The first kappa shape index (κ1) is 41.0. The third kappa shape index (κ3) is 13.9. The summed E-state index contributed by atoms with van der Waals surface area (Å²) in [4.78, 5) is 68.1. The van der Waals surface area contributed by atoms with Gasteiger partial charge in [-0.15, -0.1) is 0 Å². The van der Waals surface area contributed by atoms with Gasteiger partial charge >= 0.3 is 124 Å². The van der Waals surface area contributed by atoms with Gasteiger partial charge in [0.1, 0.15) is 12.3 Å². The van der Waals surface area contributed by atoms with Crippen LogP contribution in [-0.4, -0.2) is 33.5 Å². The van der Waals surface area contributed by atoms with Crippen LogP contribution in [0.4, 0.5) is 0 Å². The summed E-state index contributed by atoms with van der Waals surface area (Å²) in [5.74, 6) is 0. The predicted octanol–water partition coefficient (Wildman–Crippen LogP) is -15.2. The van der Waals surface area contributed by atoms with Crippen molar-refractivity contribution in [3.05, 3.63) is 31.5 Å². The molecule has 0 aromatic carbocycles. The molecule has 0 spiro atoms. The van der Waals surface area contributed by atoms with Gasteiger partial charge in [-0.3, -0.25) is 27.8 Å². The molecule has 0 saturated carbocycles. The maximum atomic E-state index is 11.8. The van der Waals surface area contributed by atoms with Crippen molar-refractivity contribution in [1.29, 1.82) is 0 Å². The number of halogens is 1. The first-order valence-electron chi connectivity index (χ1n) is 7.14. The van der Waals surface area contributed by atoms with Gasteiger partial charge in [0, 0.05) is 12.6 Å². The van der Waals surface area contributed by atoms with E-state index < -0.39 is 59.8 Å². The van der Waals surface area contributed by atoms with Gasteiger partial charge in [-0.05, 0) is 15.9 Å². The van der Waals surface area contributed by atoms with Crippen LogP contribution in [0.5, 0.6) is 0 Å². The molecule has 1 aromatic heterocycles. The van der Waals surface area contributed by atoms with Crippen LogP contribution >= 0.6 is 39.4 Å². The monoisotopic (exact) mass is 634 g/mol. The maximum Gasteiger partial charge on any atom is 1.00 e. The number of nitrogens with zero attached hydrogens (tertiary/aromatic N) is 1. The van der Waals surface area contributed by atoms with Gasteiger partial charge in [0.15, 0.2) is 0 Å². The summed E-state index contributed by atoms with van der Waals surface area (Å²) in [5.41, 5.74) is -1.61. The Balaban J connectivity index is -0.00000225. The summed E-state index contributed by atoms with van der Waals surface area (Å²) in [6.45, 7) is -1.01. The number of hydrogen-bond donors (Lipinski definition) is 2. The Hall–Kier alpha value is 3.49. The second-order valence-electron chi connectivity index (χ2n) is 5.38. The quantitative estimate of drug-likeness (QED) is 0.199. The van der Waals surface area contributed by atoms with Gasteiger partial charge in [-0.2, -0.15) is 0 Å². The fraction of sp³-hybridized carbons (Fsp3) is 0.556. The topological polar surface area (TPSA) is 255 Å². The minimum Gasteiger partial charge on any atom is -0.790 e. The summed E-state index contributed by atoms with van der Waals surface area (Å²) in [6.07, 6.45) is -3.11. The number of ether oxygens (including phenoxy) is 1. The fourth-order valence-corrected chi connectivity index (χ4v) is 5.34. The smallest absolute Gasteiger partial charge is 0.790 e. The summed E-state index contributed by atoms with van der Waals surface area (Å²) in [5, 5.41) is 9.92. The number of rotatable bonds is 8. The van der Waals surface area contributed by atoms with Crippen molar-refractivity contribution in [1.82, 2.24) is 9.55 Å². The first-order chi connectivity index (χ1) is 13.1. The molecular weight excluding hydrogens is 625 g/mol. The van der Waals surface area contributed by atoms with Crippen molar-refractivity contribution in [2.45, 2.75) is 24.9 Å². The molecule has 1 aromatic rings. The van der Waals surface area contributed by atoms with E-state index in [2.05, 4.69) is 29.1 Å². The Morgan fingerprint density at radius 3 is 2.15 bits per heavy atom. The molecule has 2 heterocycles. The Morgan fingerprint density at radius 1 is 1.09 bits per heavy atom. The minimum absolute atomic E-state index is 0. The molecule has 2 rings (SSSR count). The van der Waals surface area contributed by atoms with E-state index in [1.165, 1.54) is 0 Å². The molecule has 2 N–H and O–H groups in total. The first-order valence-corrected chi connectivity index (χ1v) is 12.3. The standard InChI is InChI=1S/C9H14BrN2O14P3.4Na/c10-4-2-12(9(15)11-8(4)14)7-1-5(13)6(24-7)3-23-28(19,20)26-29(21,22)25-27(16,17)18;;;;/h2,5-7,13H,1,3H2,(H,19,20)(H,21,22)(H,11,14,15)(H2,16,17,18);;;;/q;4*+1/p-4/t5-,6+,7+;;;;/m0..../s1. The Kier molecular flexibility index (Phi) is 20.6. The molecule has 0 radical (unpaired) electrons. The summed E-state index contributed by atoms with van der Waals surface area (Å²) in [6, 6.07) is 0. The van der Waals surface area contributed by atoms with Gasteiger partial charge in [-0.1, -0.05) is 0 Å². The number of aromatic nitrogens is 2. The van der Waals surface area contributed by atoms with E-state index in [0.717, 1.165) is 10.8 Å². The number of H-pyrrole nitrogens is 1. The van der Waals surface area contributed by atoms with Crippen LogP contribution < -0.4 is 149 Å². The summed E-state index contributed by atoms with van der Waals surface area (Å²) >= 11 is 2.89. The van der Waals surface area contributed by atoms with Crippen molar-refractivity contribution < 1.29 is 174 Å². The third-order valence-electron chi connectivity index (χ3n) is 3.24. The molecule has 1 aliphatic rings. The van der Waals surface area contributed by atoms with Crippen LogP contribution in [0.15, 0.2) is 20.3 Å². The average molecular weight is 635 g/mol. The van der Waals surface area contributed by atoms with Crippen LogP contribution in [0.2, 0.25) is 0 Å². The number of aromatic amines is 1. The van der Waals surface area contributed by atoms with Crippen molar-refractivity contribution in [3.63, 3.8) is 0 Å². The van der Waals surface area contributed by atoms with Crippen molar-refractivity contribution >= 4 is 39.4 Å². The SMILES string of the molecule is O=c1[nH]c(=O)n([C@H]2C[C@H](O)[C@@H](COP(=O)([O-])OP(=O)([O-])OP(=O)([O-])[O-])O2)cc1Br.[Na+].[Na+].[Na+].[Na+]. The number of phosphoric ester groups is 1. The predicted molar refractivity (Wildman–Crippen MR) is 84.5 cm³/mol. The van der Waals surface area contributed by atoms with Gasteiger partial charge in [0.2, 0.25) is 0 Å². The molecule has 166 valence electrons. The maximum absolute atomic E-state index is 11.8. The zero-order valence-electron chi connectivity index (χ0n) is 17.6. The van der Waals surface area contributed by atoms with Crippen LogP contribution in [0.25, 0.3) is 0 Å². The molecule has 24 heteroatoms. The summed E-state index contributed by atoms with van der Waals surface area (Å²) < 4.78 is 49.5. The van der Waals surface area contributed by atoms with Crippen LogP contribution in [0.1, 0.15) is 12.6 Å². The third-order valence-corrected chi connectivity index (χ3v) is 7.47. The molecular formula is C9H10BrN2Na4O14P3. The molecule has 2 unspecified atom stereocenters. The summed E-state index contributed by atoms with van der Waals surface area (Å²) in [7, 11) is -18.0. The average Bonchev–Trinajstić information content (AvgIpc) is 2.86. The van der Waals surface area contributed by atoms with Gasteiger partial charge in [0.25, 0.3) is 21.2 Å². The number of hydrogen-bond acceptors (Lipinski definition) is 14. The molecule has 5 atom stereocenters. The Bertz CT molecular complexity index is 1030. The number of nitrogens with one attached hydrogen (secondary N) is 1. The van der Waals surface area contributed by atoms with Crippen LogP contribution in [0, 0.1) is 0 Å². The molecule has 33 heavy (non-hydrogen) atoms. The number of aliphatic hydroxyl groups excluding tert-OH is 1. The Labute approximate surface area is 282 Å². The molecule has 0 aliphatic carbocycles. The second kappa shape index (κ2) is 16.6. The van der Waals surface area contributed by atoms with Crippen LogP contribution in [0.3, 0.4) is 0 Å². The van der Waals surface area contributed by atoms with Crippen molar-refractivity contribution in [3.8, 4) is 0 Å². The normalized spacial score (nSPS) is 23.5. The van der Waals surface area contributed by atoms with E-state index in [0.29, 0.717) is 0 Å². The van der Waals surface area contributed by atoms with E-state index in [1.807, 2.05) is 4.98 Å². The zero-order valence-corrected chi connectivity index (χ0v) is 29.9. The van der Waals surface area contributed by atoms with E-state index in [9.17, 15) is 48.0 Å². The Morgan fingerprint density at radius 2 is 1.64 bits per heavy atom. The molecule has 1 saturated heterocycles. The van der Waals surface area contributed by atoms with Gasteiger partial charge < -0.3 is 38.5 Å². The van der Waals surface area contributed by atoms with Crippen molar-refractivity contribution in [2.75, 3.05) is 6.61 Å². The van der Waals surface area contributed by atoms with Gasteiger partial charge in [0.05, 0.1) is 25.0 Å². The van der Waals surface area contributed by atoms with Crippen LogP contribution in [-0.2, 0) is 31.6 Å². The zero-order chi connectivity index (χ0) is 22.2.